The predicted molar refractivity (Wildman–Crippen MR) is 81.2 cm³/mol. The Hall–Kier alpha value is -0.0800. The van der Waals surface area contributed by atoms with Crippen LogP contribution in [0.3, 0.4) is 0 Å². The van der Waals surface area contributed by atoms with Crippen LogP contribution < -0.4 is 0 Å². The third-order valence-electron chi connectivity index (χ3n) is 2.88. The van der Waals surface area contributed by atoms with Crippen LogP contribution >= 0.6 is 43.2 Å². The van der Waals surface area contributed by atoms with Crippen molar-refractivity contribution in [1.29, 1.82) is 0 Å². The molecular formula is C12H14Br2F3NOS. The molecule has 0 saturated heterocycles. The van der Waals surface area contributed by atoms with Crippen LogP contribution in [0.1, 0.15) is 37.0 Å². The molecule has 0 radical (unpaired) electrons. The lowest BCUT2D eigenvalue weighted by atomic mass is 10.1. The number of hydrogen-bond donors (Lipinski definition) is 0. The van der Waals surface area contributed by atoms with Crippen molar-refractivity contribution in [2.45, 2.75) is 38.9 Å². The van der Waals surface area contributed by atoms with E-state index in [0.717, 1.165) is 4.90 Å². The highest BCUT2D eigenvalue weighted by molar-refractivity contribution is 9.12. The zero-order valence-corrected chi connectivity index (χ0v) is 14.9. The Balaban J connectivity index is 3.09. The SMILES string of the molecule is CCC(CC)N(CC(F)(F)F)C(=O)c1cc(Br)sc1Br. The minimum absolute atomic E-state index is 0.262. The highest BCUT2D eigenvalue weighted by Crippen LogP contribution is 2.34. The van der Waals surface area contributed by atoms with Gasteiger partial charge in [-0.25, -0.2) is 0 Å². The number of alkyl halides is 3. The molecule has 0 unspecified atom stereocenters. The number of carbonyl (C=O) groups excluding carboxylic acids is 1. The minimum atomic E-state index is -4.40. The molecule has 0 spiro atoms. The number of thiophene rings is 1. The Morgan fingerprint density at radius 2 is 1.90 bits per heavy atom. The molecule has 8 heteroatoms. The number of nitrogens with zero attached hydrogens (tertiary/aromatic N) is 1. The maximum atomic E-state index is 12.7. The molecule has 2 nitrogen and oxygen atoms in total. The maximum Gasteiger partial charge on any atom is 0.406 e. The van der Waals surface area contributed by atoms with Crippen molar-refractivity contribution in [3.05, 3.63) is 19.2 Å². The lowest BCUT2D eigenvalue weighted by Crippen LogP contribution is -2.45. The average Bonchev–Trinajstić information content (AvgIpc) is 2.66. The molecule has 1 aromatic heterocycles. The molecule has 0 N–H and O–H groups in total. The van der Waals surface area contributed by atoms with E-state index in [9.17, 15) is 18.0 Å². The van der Waals surface area contributed by atoms with Crippen molar-refractivity contribution >= 4 is 49.1 Å². The van der Waals surface area contributed by atoms with Crippen LogP contribution in [-0.4, -0.2) is 29.6 Å². The predicted octanol–water partition coefficient (Wildman–Crippen LogP) is 5.47. The van der Waals surface area contributed by atoms with Crippen molar-refractivity contribution < 1.29 is 18.0 Å². The monoisotopic (exact) mass is 435 g/mol. The normalized spacial score (nSPS) is 12.0. The summed E-state index contributed by atoms with van der Waals surface area (Å²) in [6.07, 6.45) is -3.43. The molecule has 0 bridgehead atoms. The Morgan fingerprint density at radius 3 is 2.25 bits per heavy atom. The molecule has 114 valence electrons. The van der Waals surface area contributed by atoms with Crippen LogP contribution in [0.25, 0.3) is 0 Å². The summed E-state index contributed by atoms with van der Waals surface area (Å²) < 4.78 is 39.4. The summed E-state index contributed by atoms with van der Waals surface area (Å²) >= 11 is 7.71. The first kappa shape index (κ1) is 18.0. The van der Waals surface area contributed by atoms with E-state index in [1.54, 1.807) is 19.9 Å². The van der Waals surface area contributed by atoms with E-state index >= 15 is 0 Å². The van der Waals surface area contributed by atoms with E-state index in [1.165, 1.54) is 11.3 Å². The standard InChI is InChI=1S/C12H14Br2F3NOS/c1-3-7(4-2)18(6-12(15,16)17)11(19)8-5-9(13)20-10(8)14/h5,7H,3-4,6H2,1-2H3. The fraction of sp³-hybridized carbons (Fsp3) is 0.583. The van der Waals surface area contributed by atoms with Crippen LogP contribution in [0, 0.1) is 0 Å². The summed E-state index contributed by atoms with van der Waals surface area (Å²) in [6.45, 7) is 2.34. The lowest BCUT2D eigenvalue weighted by Gasteiger charge is -2.31. The van der Waals surface area contributed by atoms with Crippen molar-refractivity contribution in [3.8, 4) is 0 Å². The summed E-state index contributed by atoms with van der Waals surface area (Å²) in [5.74, 6) is -0.593. The molecular weight excluding hydrogens is 423 g/mol. The van der Waals surface area contributed by atoms with Gasteiger partial charge in [-0.3, -0.25) is 4.79 Å². The second-order valence-electron chi connectivity index (χ2n) is 4.26. The molecule has 20 heavy (non-hydrogen) atoms. The van der Waals surface area contributed by atoms with Crippen LogP contribution in [0.15, 0.2) is 13.6 Å². The van der Waals surface area contributed by atoms with Gasteiger partial charge in [-0.1, -0.05) is 13.8 Å². The summed E-state index contributed by atoms with van der Waals surface area (Å²) in [6, 6.07) is 1.12. The number of carbonyl (C=O) groups is 1. The van der Waals surface area contributed by atoms with Crippen molar-refractivity contribution in [2.75, 3.05) is 6.54 Å². The van der Waals surface area contributed by atoms with E-state index in [2.05, 4.69) is 31.9 Å². The highest BCUT2D eigenvalue weighted by atomic mass is 79.9. The van der Waals surface area contributed by atoms with Crippen LogP contribution in [0.2, 0.25) is 0 Å². The molecule has 0 aliphatic heterocycles. The molecule has 1 aromatic rings. The van der Waals surface area contributed by atoms with E-state index in [1.807, 2.05) is 0 Å². The van der Waals surface area contributed by atoms with Gasteiger partial charge in [0.25, 0.3) is 5.91 Å². The molecule has 0 saturated carbocycles. The lowest BCUT2D eigenvalue weighted by molar-refractivity contribution is -0.144. The van der Waals surface area contributed by atoms with Gasteiger partial charge in [0.2, 0.25) is 0 Å². The van der Waals surface area contributed by atoms with Crippen molar-refractivity contribution in [3.63, 3.8) is 0 Å². The van der Waals surface area contributed by atoms with Crippen molar-refractivity contribution in [2.24, 2.45) is 0 Å². The quantitative estimate of drug-likeness (QED) is 0.599. The maximum absolute atomic E-state index is 12.7. The third-order valence-corrected chi connectivity index (χ3v) is 5.22. The second-order valence-corrected chi connectivity index (χ2v) is 8.01. The molecule has 1 heterocycles. The molecule has 0 aliphatic rings. The first-order valence-electron chi connectivity index (χ1n) is 6.02. The zero-order valence-electron chi connectivity index (χ0n) is 10.9. The summed E-state index contributed by atoms with van der Waals surface area (Å²) in [7, 11) is 0. The average molecular weight is 437 g/mol. The first-order chi connectivity index (χ1) is 9.19. The summed E-state index contributed by atoms with van der Waals surface area (Å²) in [5.41, 5.74) is 0.262. The smallest absolute Gasteiger partial charge is 0.327 e. The van der Waals surface area contributed by atoms with Crippen LogP contribution in [0.4, 0.5) is 13.2 Å². The number of rotatable bonds is 5. The Labute approximate surface area is 136 Å². The molecule has 0 aliphatic carbocycles. The van der Waals surface area contributed by atoms with Gasteiger partial charge >= 0.3 is 6.18 Å². The van der Waals surface area contributed by atoms with E-state index in [0.29, 0.717) is 20.4 Å². The van der Waals surface area contributed by atoms with Gasteiger partial charge < -0.3 is 4.90 Å². The molecule has 0 fully saturated rings. The van der Waals surface area contributed by atoms with Gasteiger partial charge in [-0.05, 0) is 50.8 Å². The Bertz CT molecular complexity index is 472. The number of amides is 1. The Morgan fingerprint density at radius 1 is 1.35 bits per heavy atom. The van der Waals surface area contributed by atoms with Gasteiger partial charge in [0.1, 0.15) is 6.54 Å². The van der Waals surface area contributed by atoms with Crippen molar-refractivity contribution in [1.82, 2.24) is 4.90 Å². The fourth-order valence-corrected chi connectivity index (χ4v) is 4.71. The van der Waals surface area contributed by atoms with E-state index in [-0.39, 0.29) is 5.56 Å². The third kappa shape index (κ3) is 4.73. The van der Waals surface area contributed by atoms with Crippen LogP contribution in [0.5, 0.6) is 0 Å². The molecule has 0 aromatic carbocycles. The molecule has 1 rings (SSSR count). The van der Waals surface area contributed by atoms with Gasteiger partial charge in [0, 0.05) is 6.04 Å². The van der Waals surface area contributed by atoms with Gasteiger partial charge in [0.15, 0.2) is 0 Å². The highest BCUT2D eigenvalue weighted by Gasteiger charge is 2.36. The van der Waals surface area contributed by atoms with Gasteiger partial charge in [0.05, 0.1) is 13.1 Å². The van der Waals surface area contributed by atoms with E-state index in [4.69, 9.17) is 0 Å². The van der Waals surface area contributed by atoms with Gasteiger partial charge in [-0.2, -0.15) is 13.2 Å². The Kier molecular flexibility index (Phi) is 6.53. The summed E-state index contributed by atoms with van der Waals surface area (Å²) in [5, 5.41) is 0. The zero-order chi connectivity index (χ0) is 15.5. The van der Waals surface area contributed by atoms with Gasteiger partial charge in [-0.15, -0.1) is 11.3 Å². The van der Waals surface area contributed by atoms with E-state index < -0.39 is 24.7 Å². The number of halogens is 5. The first-order valence-corrected chi connectivity index (χ1v) is 8.42. The summed E-state index contributed by atoms with van der Waals surface area (Å²) in [4.78, 5) is 13.3. The second kappa shape index (κ2) is 7.26. The van der Waals surface area contributed by atoms with Crippen LogP contribution in [-0.2, 0) is 0 Å². The molecule has 0 atom stereocenters. The number of hydrogen-bond acceptors (Lipinski definition) is 2. The fourth-order valence-electron chi connectivity index (χ4n) is 1.93. The minimum Gasteiger partial charge on any atom is -0.327 e. The topological polar surface area (TPSA) is 20.3 Å². The largest absolute Gasteiger partial charge is 0.406 e. The molecule has 1 amide bonds.